The Morgan fingerprint density at radius 2 is 2.25 bits per heavy atom. The van der Waals surface area contributed by atoms with Gasteiger partial charge >= 0.3 is 0 Å². The van der Waals surface area contributed by atoms with Gasteiger partial charge in [-0.3, -0.25) is 0 Å². The molecule has 0 unspecified atom stereocenters. The Kier molecular flexibility index (Phi) is 2.78. The maximum absolute atomic E-state index is 13.1. The fraction of sp³-hybridized carbons (Fsp3) is 0.364. The van der Waals surface area contributed by atoms with Gasteiger partial charge in [-0.1, -0.05) is 0 Å². The van der Waals surface area contributed by atoms with E-state index in [2.05, 4.69) is 4.98 Å². The van der Waals surface area contributed by atoms with E-state index >= 15 is 0 Å². The number of likely N-dealkylation sites (N-methyl/N-ethyl adjacent to an activating group) is 1. The minimum Gasteiger partial charge on any atom is -0.344 e. The summed E-state index contributed by atoms with van der Waals surface area (Å²) in [4.78, 5) is 6.39. The third kappa shape index (κ3) is 1.74. The summed E-state index contributed by atoms with van der Waals surface area (Å²) in [7, 11) is 3.79. The number of halogens is 1. The van der Waals surface area contributed by atoms with Crippen LogP contribution in [0.4, 0.5) is 10.3 Å². The zero-order chi connectivity index (χ0) is 11.7. The Hall–Kier alpha value is -1.62. The Balaban J connectivity index is 2.51. The number of nitrogens with two attached hydrogens (primary N) is 1. The summed E-state index contributed by atoms with van der Waals surface area (Å²) in [6, 6.07) is 4.59. The predicted octanol–water partition coefficient (Wildman–Crippen LogP) is 1.11. The van der Waals surface area contributed by atoms with E-state index in [0.717, 1.165) is 23.5 Å². The molecule has 4 nitrogen and oxygen atoms in total. The number of hydrogen-bond acceptors (Lipinski definition) is 3. The van der Waals surface area contributed by atoms with Gasteiger partial charge in [-0.2, -0.15) is 0 Å². The summed E-state index contributed by atoms with van der Waals surface area (Å²) < 4.78 is 15.0. The van der Waals surface area contributed by atoms with E-state index in [1.807, 2.05) is 23.6 Å². The number of imidazole rings is 1. The van der Waals surface area contributed by atoms with Gasteiger partial charge in [0.15, 0.2) is 0 Å². The van der Waals surface area contributed by atoms with Crippen LogP contribution >= 0.6 is 0 Å². The summed E-state index contributed by atoms with van der Waals surface area (Å²) in [6.07, 6.45) is 0. The molecule has 16 heavy (non-hydrogen) atoms. The summed E-state index contributed by atoms with van der Waals surface area (Å²) in [5, 5.41) is 0. The van der Waals surface area contributed by atoms with E-state index in [-0.39, 0.29) is 5.82 Å². The topological polar surface area (TPSA) is 47.1 Å². The molecule has 0 aliphatic heterocycles. The van der Waals surface area contributed by atoms with Gasteiger partial charge in [-0.25, -0.2) is 9.37 Å². The number of benzene rings is 1. The van der Waals surface area contributed by atoms with Crippen LogP contribution in [0.3, 0.4) is 0 Å². The third-order valence-electron chi connectivity index (χ3n) is 2.63. The van der Waals surface area contributed by atoms with Crippen LogP contribution in [0.5, 0.6) is 0 Å². The zero-order valence-corrected chi connectivity index (χ0v) is 9.44. The molecule has 1 heterocycles. The standard InChI is InChI=1S/C11H15FN4/c1-15(6-5-13)11-14-9-4-3-8(12)7-10(9)16(11)2/h3-4,7H,5-6,13H2,1-2H3. The van der Waals surface area contributed by atoms with Crippen molar-refractivity contribution in [1.82, 2.24) is 9.55 Å². The molecule has 0 atom stereocenters. The number of rotatable bonds is 3. The van der Waals surface area contributed by atoms with Crippen LogP contribution in [0.2, 0.25) is 0 Å². The van der Waals surface area contributed by atoms with Gasteiger partial charge in [0.1, 0.15) is 5.82 Å². The molecular weight excluding hydrogens is 207 g/mol. The van der Waals surface area contributed by atoms with E-state index in [9.17, 15) is 4.39 Å². The molecular formula is C11H15FN4. The Morgan fingerprint density at radius 1 is 1.50 bits per heavy atom. The van der Waals surface area contributed by atoms with Gasteiger partial charge in [0.25, 0.3) is 0 Å². The van der Waals surface area contributed by atoms with Gasteiger partial charge in [0, 0.05) is 27.2 Å². The smallest absolute Gasteiger partial charge is 0.206 e. The minimum atomic E-state index is -0.247. The normalized spacial score (nSPS) is 11.0. The van der Waals surface area contributed by atoms with Gasteiger partial charge in [-0.05, 0) is 18.2 Å². The summed E-state index contributed by atoms with van der Waals surface area (Å²) >= 11 is 0. The largest absolute Gasteiger partial charge is 0.344 e. The van der Waals surface area contributed by atoms with E-state index in [1.165, 1.54) is 12.1 Å². The van der Waals surface area contributed by atoms with Crippen LogP contribution < -0.4 is 10.6 Å². The number of aryl methyl sites for hydroxylation is 1. The van der Waals surface area contributed by atoms with E-state index in [1.54, 1.807) is 6.07 Å². The average molecular weight is 222 g/mol. The number of hydrogen-bond donors (Lipinski definition) is 1. The summed E-state index contributed by atoms with van der Waals surface area (Å²) in [5.41, 5.74) is 7.08. The van der Waals surface area contributed by atoms with Crippen molar-refractivity contribution in [2.45, 2.75) is 0 Å². The lowest BCUT2D eigenvalue weighted by atomic mass is 10.3. The van der Waals surface area contributed by atoms with Crippen LogP contribution in [-0.2, 0) is 7.05 Å². The number of aromatic nitrogens is 2. The first kappa shape index (κ1) is 10.9. The average Bonchev–Trinajstić information content (AvgIpc) is 2.57. The molecule has 0 spiro atoms. The lowest BCUT2D eigenvalue weighted by Gasteiger charge is -2.16. The molecule has 1 aromatic heterocycles. The van der Waals surface area contributed by atoms with Crippen molar-refractivity contribution in [3.8, 4) is 0 Å². The highest BCUT2D eigenvalue weighted by Crippen LogP contribution is 2.20. The predicted molar refractivity (Wildman–Crippen MR) is 63.0 cm³/mol. The van der Waals surface area contributed by atoms with Crippen molar-refractivity contribution in [2.24, 2.45) is 12.8 Å². The fourth-order valence-electron chi connectivity index (χ4n) is 1.79. The molecule has 2 aromatic rings. The second-order valence-electron chi connectivity index (χ2n) is 3.81. The fourth-order valence-corrected chi connectivity index (χ4v) is 1.79. The molecule has 0 bridgehead atoms. The molecule has 0 amide bonds. The van der Waals surface area contributed by atoms with Crippen molar-refractivity contribution in [2.75, 3.05) is 25.0 Å². The van der Waals surface area contributed by atoms with E-state index < -0.39 is 0 Å². The van der Waals surface area contributed by atoms with Gasteiger partial charge in [0.05, 0.1) is 11.0 Å². The lowest BCUT2D eigenvalue weighted by molar-refractivity contribution is 0.629. The van der Waals surface area contributed by atoms with Crippen molar-refractivity contribution in [3.63, 3.8) is 0 Å². The minimum absolute atomic E-state index is 0.247. The van der Waals surface area contributed by atoms with Gasteiger partial charge in [-0.15, -0.1) is 0 Å². The number of fused-ring (bicyclic) bond motifs is 1. The maximum Gasteiger partial charge on any atom is 0.206 e. The Morgan fingerprint density at radius 3 is 2.94 bits per heavy atom. The highest BCUT2D eigenvalue weighted by Gasteiger charge is 2.11. The first-order chi connectivity index (χ1) is 7.63. The van der Waals surface area contributed by atoms with Gasteiger partial charge < -0.3 is 15.2 Å². The first-order valence-electron chi connectivity index (χ1n) is 5.16. The van der Waals surface area contributed by atoms with Crippen LogP contribution in [0.1, 0.15) is 0 Å². The molecule has 0 fully saturated rings. The van der Waals surface area contributed by atoms with Crippen LogP contribution in [0, 0.1) is 5.82 Å². The number of anilines is 1. The monoisotopic (exact) mass is 222 g/mol. The summed E-state index contributed by atoms with van der Waals surface area (Å²) in [6.45, 7) is 1.29. The van der Waals surface area contributed by atoms with Crippen molar-refractivity contribution in [3.05, 3.63) is 24.0 Å². The second-order valence-corrected chi connectivity index (χ2v) is 3.81. The molecule has 0 aliphatic rings. The van der Waals surface area contributed by atoms with Gasteiger partial charge in [0.2, 0.25) is 5.95 Å². The molecule has 0 saturated heterocycles. The Labute approximate surface area is 93.5 Å². The molecule has 0 saturated carbocycles. The van der Waals surface area contributed by atoms with Crippen molar-refractivity contribution >= 4 is 17.0 Å². The molecule has 86 valence electrons. The van der Waals surface area contributed by atoms with E-state index in [4.69, 9.17) is 5.73 Å². The third-order valence-corrected chi connectivity index (χ3v) is 2.63. The van der Waals surface area contributed by atoms with Crippen molar-refractivity contribution < 1.29 is 4.39 Å². The van der Waals surface area contributed by atoms with E-state index in [0.29, 0.717) is 6.54 Å². The Bertz CT molecular complexity index is 506. The highest BCUT2D eigenvalue weighted by atomic mass is 19.1. The summed E-state index contributed by atoms with van der Waals surface area (Å²) in [5.74, 6) is 0.551. The molecule has 1 aromatic carbocycles. The molecule has 2 N–H and O–H groups in total. The maximum atomic E-state index is 13.1. The quantitative estimate of drug-likeness (QED) is 0.846. The first-order valence-corrected chi connectivity index (χ1v) is 5.16. The molecule has 5 heteroatoms. The molecule has 0 radical (unpaired) electrons. The molecule has 2 rings (SSSR count). The number of nitrogens with zero attached hydrogens (tertiary/aromatic N) is 3. The van der Waals surface area contributed by atoms with Crippen LogP contribution in [-0.4, -0.2) is 29.7 Å². The second kappa shape index (κ2) is 4.09. The van der Waals surface area contributed by atoms with Crippen molar-refractivity contribution in [1.29, 1.82) is 0 Å². The SMILES string of the molecule is CN(CCN)c1nc2ccc(F)cc2n1C. The van der Waals surface area contributed by atoms with Crippen LogP contribution in [0.25, 0.3) is 11.0 Å². The van der Waals surface area contributed by atoms with Crippen LogP contribution in [0.15, 0.2) is 18.2 Å². The zero-order valence-electron chi connectivity index (χ0n) is 9.44. The highest BCUT2D eigenvalue weighted by molar-refractivity contribution is 5.78. The molecule has 0 aliphatic carbocycles. The lowest BCUT2D eigenvalue weighted by Crippen LogP contribution is -2.27.